The van der Waals surface area contributed by atoms with E-state index < -0.39 is 44.5 Å². The molecular weight excluding hydrogens is 633 g/mol. The molecule has 3 aromatic carbocycles. The summed E-state index contributed by atoms with van der Waals surface area (Å²) in [6.07, 6.45) is 0. The average molecular weight is 696 g/mol. The molecule has 0 bridgehead atoms. The molecule has 0 heterocycles. The highest BCUT2D eigenvalue weighted by Gasteiger charge is 2.35. The van der Waals surface area contributed by atoms with Crippen molar-refractivity contribution < 1.29 is 28.4 Å². The van der Waals surface area contributed by atoms with Gasteiger partial charge in [0.25, 0.3) is 0 Å². The third-order valence-corrected chi connectivity index (χ3v) is 8.13. The fourth-order valence-electron chi connectivity index (χ4n) is 4.73. The summed E-state index contributed by atoms with van der Waals surface area (Å²) in [5.74, 6) is 4.17. The van der Waals surface area contributed by atoms with E-state index in [0.29, 0.717) is 34.5 Å². The zero-order valence-corrected chi connectivity index (χ0v) is 34.4. The molecule has 0 atom stereocenters. The van der Waals surface area contributed by atoms with Gasteiger partial charge in [0.2, 0.25) is 0 Å². The molecule has 6 nitrogen and oxygen atoms in total. The molecule has 0 aliphatic carbocycles. The Morgan fingerprint density at radius 3 is 0.653 bits per heavy atom. The fraction of sp³-hybridized carbons (Fsp3) is 0.571. The van der Waals surface area contributed by atoms with Crippen LogP contribution in [0.1, 0.15) is 125 Å². The van der Waals surface area contributed by atoms with Gasteiger partial charge in [0, 0.05) is 18.2 Å². The van der Waals surface area contributed by atoms with E-state index in [9.17, 15) is 0 Å². The lowest BCUT2D eigenvalue weighted by Crippen LogP contribution is -2.27. The van der Waals surface area contributed by atoms with Gasteiger partial charge in [-0.15, -0.1) is 0 Å². The van der Waals surface area contributed by atoms with Crippen molar-refractivity contribution in [1.29, 1.82) is 0 Å². The van der Waals surface area contributed by atoms with E-state index >= 15 is 0 Å². The first-order valence-corrected chi connectivity index (χ1v) is 18.5. The van der Waals surface area contributed by atoms with Gasteiger partial charge in [0.05, 0.1) is 10.9 Å². The maximum atomic E-state index is 6.56. The van der Waals surface area contributed by atoms with Crippen molar-refractivity contribution in [2.45, 2.75) is 173 Å². The molecule has 272 valence electrons. The predicted octanol–water partition coefficient (Wildman–Crippen LogP) is 11.8. The lowest BCUT2D eigenvalue weighted by molar-refractivity contribution is 0.0952. The minimum absolute atomic E-state index is 0.399. The minimum Gasteiger partial charge on any atom is -0.484 e. The second-order valence-electron chi connectivity index (χ2n) is 18.4. The molecule has 0 saturated heterocycles. The Bertz CT molecular complexity index is 1380. The molecule has 3 rings (SSSR count). The topological polar surface area (TPSA) is 55.4 Å². The van der Waals surface area contributed by atoms with E-state index in [1.807, 2.05) is 80.5 Å². The molecule has 0 N–H and O–H groups in total. The van der Waals surface area contributed by atoms with Crippen LogP contribution >= 0.6 is 0 Å². The maximum absolute atomic E-state index is 6.56. The van der Waals surface area contributed by atoms with Crippen LogP contribution in [0.3, 0.4) is 0 Å². The van der Waals surface area contributed by atoms with Gasteiger partial charge in [-0.3, -0.25) is 0 Å². The van der Waals surface area contributed by atoms with Crippen molar-refractivity contribution >= 4 is 10.9 Å². The molecule has 49 heavy (non-hydrogen) atoms. The van der Waals surface area contributed by atoms with Gasteiger partial charge in [-0.1, -0.05) is 0 Å². The van der Waals surface area contributed by atoms with Crippen LogP contribution in [0.2, 0.25) is 0 Å². The number of benzene rings is 3. The van der Waals surface area contributed by atoms with Gasteiger partial charge in [-0.2, -0.15) is 0 Å². The van der Waals surface area contributed by atoms with Gasteiger partial charge in [-0.05, 0) is 161 Å². The van der Waals surface area contributed by atoms with Crippen molar-refractivity contribution in [3.05, 3.63) is 54.6 Å². The largest absolute Gasteiger partial charge is 0.484 e. The fourth-order valence-corrected chi connectivity index (χ4v) is 6.83. The summed E-state index contributed by atoms with van der Waals surface area (Å²) in [6, 6.07) is 18.8. The monoisotopic (exact) mass is 695 g/mol. The highest BCUT2D eigenvalue weighted by atomic mass is 32.2. The van der Waals surface area contributed by atoms with E-state index in [4.69, 9.17) is 28.4 Å². The highest BCUT2D eigenvalue weighted by Crippen LogP contribution is 2.45. The van der Waals surface area contributed by atoms with Crippen LogP contribution in [-0.2, 0) is 10.9 Å². The summed E-state index contributed by atoms with van der Waals surface area (Å²) >= 11 is 0. The van der Waals surface area contributed by atoms with Crippen LogP contribution in [-0.4, -0.2) is 33.6 Å². The smallest absolute Gasteiger partial charge is 0.170 e. The molecule has 0 amide bonds. The first kappa shape index (κ1) is 40.2. The van der Waals surface area contributed by atoms with Crippen molar-refractivity contribution in [3.63, 3.8) is 0 Å². The van der Waals surface area contributed by atoms with Crippen molar-refractivity contribution in [2.24, 2.45) is 0 Å². The molecule has 0 radical (unpaired) electrons. The lowest BCUT2D eigenvalue weighted by Gasteiger charge is -2.28. The first-order chi connectivity index (χ1) is 22.0. The van der Waals surface area contributed by atoms with E-state index in [1.165, 1.54) is 0 Å². The Morgan fingerprint density at radius 1 is 0.286 bits per heavy atom. The van der Waals surface area contributed by atoms with Gasteiger partial charge in [0.15, 0.2) is 49.2 Å². The normalized spacial score (nSPS) is 13.3. The quantitative estimate of drug-likeness (QED) is 0.208. The zero-order valence-electron chi connectivity index (χ0n) is 33.6. The Balaban J connectivity index is 2.39. The summed E-state index contributed by atoms with van der Waals surface area (Å²) < 4.78 is 38.9. The SMILES string of the molecule is CC(C)(C)Oc1ccc([S+](c2ccc(OC(C)(C)C)c(OC(C)(C)C)c2)c2ccc(OC(C)(C)C)c(OC(C)(C)C)c2)cc1OC(C)(C)C. The average Bonchev–Trinajstić information content (AvgIpc) is 2.83. The van der Waals surface area contributed by atoms with Crippen LogP contribution < -0.4 is 28.4 Å². The summed E-state index contributed by atoms with van der Waals surface area (Å²) in [7, 11) is -0.632. The highest BCUT2D eigenvalue weighted by molar-refractivity contribution is 7.97. The third-order valence-electron chi connectivity index (χ3n) is 5.95. The van der Waals surface area contributed by atoms with Crippen molar-refractivity contribution in [3.8, 4) is 34.5 Å². The molecule has 0 aliphatic rings. The zero-order chi connectivity index (χ0) is 37.4. The maximum Gasteiger partial charge on any atom is 0.170 e. The van der Waals surface area contributed by atoms with Gasteiger partial charge in [-0.25, -0.2) is 0 Å². The second-order valence-corrected chi connectivity index (χ2v) is 20.4. The van der Waals surface area contributed by atoms with Gasteiger partial charge >= 0.3 is 0 Å². The Hall–Kier alpha value is -3.19. The van der Waals surface area contributed by atoms with E-state index in [2.05, 4.69) is 98.7 Å². The second kappa shape index (κ2) is 14.2. The van der Waals surface area contributed by atoms with Gasteiger partial charge in [0.1, 0.15) is 33.6 Å². The summed E-state index contributed by atoms with van der Waals surface area (Å²) in [5.41, 5.74) is -2.51. The molecule has 0 aliphatic heterocycles. The van der Waals surface area contributed by atoms with E-state index in [-0.39, 0.29) is 0 Å². The molecule has 0 fully saturated rings. The lowest BCUT2D eigenvalue weighted by atomic mass is 10.1. The summed E-state index contributed by atoms with van der Waals surface area (Å²) in [6.45, 7) is 36.8. The van der Waals surface area contributed by atoms with Crippen LogP contribution in [0, 0.1) is 0 Å². The number of hydrogen-bond donors (Lipinski definition) is 0. The molecule has 0 saturated carbocycles. The summed E-state index contributed by atoms with van der Waals surface area (Å²) in [4.78, 5) is 3.16. The van der Waals surface area contributed by atoms with E-state index in [1.54, 1.807) is 0 Å². The molecule has 0 aromatic heterocycles. The van der Waals surface area contributed by atoms with Crippen LogP contribution in [0.25, 0.3) is 0 Å². The molecule has 3 aromatic rings. The first-order valence-electron chi connectivity index (χ1n) is 17.3. The Labute approximate surface area is 300 Å². The van der Waals surface area contributed by atoms with Crippen molar-refractivity contribution in [2.75, 3.05) is 0 Å². The Morgan fingerprint density at radius 2 is 0.469 bits per heavy atom. The van der Waals surface area contributed by atoms with E-state index in [0.717, 1.165) is 14.7 Å². The molecule has 0 spiro atoms. The number of ether oxygens (including phenoxy) is 6. The number of rotatable bonds is 9. The molecule has 7 heteroatoms. The molecule has 0 unspecified atom stereocenters. The Kier molecular flexibility index (Phi) is 11.7. The van der Waals surface area contributed by atoms with Crippen LogP contribution in [0.5, 0.6) is 34.5 Å². The van der Waals surface area contributed by atoms with Crippen LogP contribution in [0.15, 0.2) is 69.3 Å². The number of hydrogen-bond acceptors (Lipinski definition) is 6. The molecular formula is C42H63O6S+. The standard InChI is InChI=1S/C42H63O6S/c1-37(2,3)43-31-22-19-28(25-34(31)46-40(10,11)12)49(29-20-23-32(44-38(4,5)6)35(26-29)47-41(13,14)15)30-21-24-33(45-39(7,8)9)36(27-30)48-42(16,17)18/h19-27H,1-18H3/q+1. The minimum atomic E-state index is -0.632. The third kappa shape index (κ3) is 13.6. The summed E-state index contributed by atoms with van der Waals surface area (Å²) in [5, 5.41) is 0. The van der Waals surface area contributed by atoms with Crippen molar-refractivity contribution in [1.82, 2.24) is 0 Å². The van der Waals surface area contributed by atoms with Gasteiger partial charge < -0.3 is 28.4 Å². The van der Waals surface area contributed by atoms with Crippen LogP contribution in [0.4, 0.5) is 0 Å². The predicted molar refractivity (Wildman–Crippen MR) is 204 cm³/mol.